The zero-order chi connectivity index (χ0) is 43.1. The van der Waals surface area contributed by atoms with E-state index in [4.69, 9.17) is 33.7 Å². The molecular weight excluding hydrogens is 780 g/mol. The Bertz CT molecular complexity index is 2080. The molecule has 0 bridgehead atoms. The number of aliphatic hydroxyl groups is 2. The summed E-state index contributed by atoms with van der Waals surface area (Å²) in [6.45, 7) is 12.8. The van der Waals surface area contributed by atoms with Gasteiger partial charge in [0.05, 0.1) is 18.2 Å². The molecule has 0 saturated heterocycles. The summed E-state index contributed by atoms with van der Waals surface area (Å²) in [5.74, 6) is -0.338. The summed E-state index contributed by atoms with van der Waals surface area (Å²) in [6, 6.07) is 16.9. The van der Waals surface area contributed by atoms with Crippen molar-refractivity contribution in [1.29, 1.82) is 0 Å². The van der Waals surface area contributed by atoms with Gasteiger partial charge >= 0.3 is 0 Å². The normalized spacial score (nSPS) is 24.3. The summed E-state index contributed by atoms with van der Waals surface area (Å²) in [5, 5.41) is 24.8. The van der Waals surface area contributed by atoms with Gasteiger partial charge in [-0.3, -0.25) is 4.79 Å². The van der Waals surface area contributed by atoms with Crippen LogP contribution in [0.4, 0.5) is 4.39 Å². The minimum atomic E-state index is -1.42. The van der Waals surface area contributed by atoms with E-state index < -0.39 is 23.3 Å². The zero-order valence-electron chi connectivity index (χ0n) is 35.9. The van der Waals surface area contributed by atoms with E-state index in [0.29, 0.717) is 65.6 Å². The van der Waals surface area contributed by atoms with E-state index in [9.17, 15) is 14.6 Å². The second-order valence-corrected chi connectivity index (χ2v) is 17.4. The molecule has 61 heavy (non-hydrogen) atoms. The number of nitrogens with zero attached hydrogens (tertiary/aromatic N) is 2. The number of hydrogen-bond donors (Lipinski definition) is 2. The van der Waals surface area contributed by atoms with Crippen LogP contribution in [0.25, 0.3) is 0 Å². The quantitative estimate of drug-likeness (QED) is 0.0690. The van der Waals surface area contributed by atoms with Gasteiger partial charge in [0.1, 0.15) is 35.6 Å². The Morgan fingerprint density at radius 1 is 1.00 bits per heavy atom. The third kappa shape index (κ3) is 9.46. The molecule has 7 rings (SSSR count). The van der Waals surface area contributed by atoms with Gasteiger partial charge in [-0.1, -0.05) is 55.3 Å². The molecule has 11 nitrogen and oxygen atoms in total. The predicted octanol–water partition coefficient (Wildman–Crippen LogP) is 9.12. The first-order valence-corrected chi connectivity index (χ1v) is 21.8. The van der Waals surface area contributed by atoms with Gasteiger partial charge in [-0.25, -0.2) is 4.39 Å². The Balaban J connectivity index is 1.43. The van der Waals surface area contributed by atoms with Crippen molar-refractivity contribution in [3.05, 3.63) is 107 Å². The topological polar surface area (TPSA) is 129 Å². The number of carbonyl (C=O) groups is 1. The SMILES string of the molecule is C=CCO[C@@]12Oc3ccc(OCc4ccccc4F)cc3[C@H]3[C@H](CCCCO)[C@@H](CCCCO)C=C(C(=NOC(C)(C)C)C[C@@H]1N(CCC)C(=O)c1ccc4c(c1)OCO4)[C@H]32. The van der Waals surface area contributed by atoms with Crippen molar-refractivity contribution in [3.8, 4) is 23.0 Å². The highest BCUT2D eigenvalue weighted by Crippen LogP contribution is 2.62. The van der Waals surface area contributed by atoms with Gasteiger partial charge in [-0.15, -0.1) is 6.58 Å². The molecule has 3 aromatic rings. The Labute approximate surface area is 359 Å². The first-order chi connectivity index (χ1) is 29.5. The summed E-state index contributed by atoms with van der Waals surface area (Å²) in [6.07, 6.45) is 9.48. The van der Waals surface area contributed by atoms with E-state index in [2.05, 4.69) is 12.7 Å². The largest absolute Gasteiger partial charge is 0.489 e. The van der Waals surface area contributed by atoms with Crippen molar-refractivity contribution < 1.29 is 47.9 Å². The Morgan fingerprint density at radius 2 is 1.75 bits per heavy atom. The lowest BCUT2D eigenvalue weighted by Crippen LogP contribution is -2.70. The third-order valence-corrected chi connectivity index (χ3v) is 12.1. The number of fused-ring (bicyclic) bond motifs is 3. The molecule has 1 fully saturated rings. The van der Waals surface area contributed by atoms with Crippen LogP contribution in [0, 0.1) is 23.6 Å². The molecule has 0 radical (unpaired) electrons. The maximum Gasteiger partial charge on any atom is 0.254 e. The Hall–Kier alpha value is -4.91. The van der Waals surface area contributed by atoms with Gasteiger partial charge in [0.2, 0.25) is 12.6 Å². The van der Waals surface area contributed by atoms with Crippen LogP contribution in [0.2, 0.25) is 0 Å². The molecule has 3 aromatic carbocycles. The van der Waals surface area contributed by atoms with Crippen molar-refractivity contribution in [1.82, 2.24) is 4.90 Å². The number of benzene rings is 3. The molecule has 0 aromatic heterocycles. The van der Waals surface area contributed by atoms with Crippen LogP contribution < -0.4 is 18.9 Å². The van der Waals surface area contributed by atoms with Crippen LogP contribution in [0.1, 0.15) is 106 Å². The minimum absolute atomic E-state index is 0.0305. The molecule has 2 aliphatic heterocycles. The van der Waals surface area contributed by atoms with E-state index >= 15 is 4.79 Å². The van der Waals surface area contributed by atoms with E-state index in [1.54, 1.807) is 42.5 Å². The first kappa shape index (κ1) is 44.2. The Kier molecular flexibility index (Phi) is 14.1. The van der Waals surface area contributed by atoms with Crippen molar-refractivity contribution in [2.45, 2.75) is 109 Å². The summed E-state index contributed by atoms with van der Waals surface area (Å²) in [7, 11) is 0. The second kappa shape index (κ2) is 19.4. The van der Waals surface area contributed by atoms with Crippen LogP contribution >= 0.6 is 0 Å². The van der Waals surface area contributed by atoms with Gasteiger partial charge in [0, 0.05) is 48.8 Å². The number of unbranched alkanes of at least 4 members (excludes halogenated alkanes) is 2. The van der Waals surface area contributed by atoms with Gasteiger partial charge in [-0.2, -0.15) is 0 Å². The number of ether oxygens (including phenoxy) is 5. The fraction of sp³-hybridized carbons (Fsp3) is 0.510. The molecule has 12 heteroatoms. The van der Waals surface area contributed by atoms with Crippen LogP contribution in [0.15, 0.2) is 90.1 Å². The van der Waals surface area contributed by atoms with E-state index in [-0.39, 0.29) is 69.1 Å². The molecule has 1 amide bonds. The molecular formula is C49H61FN2O9. The summed E-state index contributed by atoms with van der Waals surface area (Å²) in [4.78, 5) is 23.2. The fourth-order valence-electron chi connectivity index (χ4n) is 9.54. The number of aliphatic hydroxyl groups excluding tert-OH is 2. The van der Waals surface area contributed by atoms with Crippen LogP contribution in [0.5, 0.6) is 23.0 Å². The maximum absolute atomic E-state index is 15.1. The highest BCUT2D eigenvalue weighted by atomic mass is 19.1. The lowest BCUT2D eigenvalue weighted by Gasteiger charge is -2.60. The standard InChI is InChI=1S/C49H61FN2O9/c1-6-22-52(47(55)33-18-20-42-43(27-33)58-31-57-42)44-29-40(51-61-48(3,4)5)37-26-32(14-10-12-23-53)36(16-11-13-24-54)45-38-28-35(56-30-34-15-8-9-17-39(34)50)19-21-41(38)60-49(44,46(37)45)59-25-7-2/h7-9,15,17-21,26-28,32,36,44-46,53-54H,2,6,10-14,16,22-25,29-31H2,1,3-5H3/t32-,36+,44-,45+,46+,49+/m0/s1. The van der Waals surface area contributed by atoms with Gasteiger partial charge < -0.3 is 43.6 Å². The van der Waals surface area contributed by atoms with E-state index in [0.717, 1.165) is 36.8 Å². The molecule has 4 aliphatic rings. The van der Waals surface area contributed by atoms with Crippen molar-refractivity contribution in [2.24, 2.45) is 22.9 Å². The first-order valence-electron chi connectivity index (χ1n) is 21.8. The number of oxime groups is 1. The number of carbonyl (C=O) groups excluding carboxylic acids is 1. The maximum atomic E-state index is 15.1. The van der Waals surface area contributed by atoms with Gasteiger partial charge in [0.25, 0.3) is 5.91 Å². The number of halogens is 1. The van der Waals surface area contributed by atoms with E-state index in [1.165, 1.54) is 6.07 Å². The number of rotatable bonds is 19. The molecule has 0 spiro atoms. The number of amides is 1. The monoisotopic (exact) mass is 840 g/mol. The molecule has 0 unspecified atom stereocenters. The highest BCUT2D eigenvalue weighted by Gasteiger charge is 2.65. The van der Waals surface area contributed by atoms with Crippen LogP contribution in [0.3, 0.4) is 0 Å². The van der Waals surface area contributed by atoms with Crippen molar-refractivity contribution >= 4 is 11.6 Å². The lowest BCUT2D eigenvalue weighted by atomic mass is 9.55. The summed E-state index contributed by atoms with van der Waals surface area (Å²) < 4.78 is 46.8. The van der Waals surface area contributed by atoms with Crippen LogP contribution in [-0.4, -0.2) is 77.3 Å². The Morgan fingerprint density at radius 3 is 2.49 bits per heavy atom. The highest BCUT2D eigenvalue weighted by molar-refractivity contribution is 6.03. The average Bonchev–Trinajstić information content (AvgIpc) is 3.73. The molecule has 6 atom stereocenters. The van der Waals surface area contributed by atoms with Crippen molar-refractivity contribution in [2.75, 3.05) is 33.2 Å². The number of allylic oxidation sites excluding steroid dienone is 1. The molecule has 2 N–H and O–H groups in total. The summed E-state index contributed by atoms with van der Waals surface area (Å²) in [5.41, 5.74) is 2.86. The molecule has 2 heterocycles. The molecule has 1 saturated carbocycles. The van der Waals surface area contributed by atoms with E-state index in [1.807, 2.05) is 50.8 Å². The van der Waals surface area contributed by atoms with Gasteiger partial charge in [-0.05, 0) is 113 Å². The number of hydrogen-bond acceptors (Lipinski definition) is 10. The summed E-state index contributed by atoms with van der Waals surface area (Å²) >= 11 is 0. The molecule has 2 aliphatic carbocycles. The second-order valence-electron chi connectivity index (χ2n) is 17.4. The average molecular weight is 841 g/mol. The molecule has 328 valence electrons. The van der Waals surface area contributed by atoms with Gasteiger partial charge in [0.15, 0.2) is 11.5 Å². The van der Waals surface area contributed by atoms with Crippen LogP contribution in [-0.2, 0) is 16.2 Å². The zero-order valence-corrected chi connectivity index (χ0v) is 35.9. The fourth-order valence-corrected chi connectivity index (χ4v) is 9.54. The van der Waals surface area contributed by atoms with Crippen molar-refractivity contribution in [3.63, 3.8) is 0 Å². The minimum Gasteiger partial charge on any atom is -0.489 e. The smallest absolute Gasteiger partial charge is 0.254 e. The third-order valence-electron chi connectivity index (χ3n) is 12.1. The lowest BCUT2D eigenvalue weighted by molar-refractivity contribution is -0.254. The predicted molar refractivity (Wildman–Crippen MR) is 230 cm³/mol.